The smallest absolute Gasteiger partial charge is 0.339 e. The Balaban J connectivity index is 2.40. The van der Waals surface area contributed by atoms with Gasteiger partial charge in [0.2, 0.25) is 0 Å². The molecule has 0 spiro atoms. The third-order valence-electron chi connectivity index (χ3n) is 2.29. The van der Waals surface area contributed by atoms with Crippen molar-refractivity contribution in [1.29, 1.82) is 0 Å². The van der Waals surface area contributed by atoms with E-state index in [0.717, 1.165) is 0 Å². The quantitative estimate of drug-likeness (QED) is 0.874. The molecular weight excluding hydrogens is 338 g/mol. The van der Waals surface area contributed by atoms with Crippen LogP contribution in [0.15, 0.2) is 40.9 Å². The molecule has 0 saturated heterocycles. The fourth-order valence-corrected chi connectivity index (χ4v) is 1.94. The lowest BCUT2D eigenvalue weighted by Gasteiger charge is -2.10. The average molecular weight is 346 g/mol. The molecule has 0 heterocycles. The number of benzene rings is 2. The van der Waals surface area contributed by atoms with Crippen molar-refractivity contribution in [3.63, 3.8) is 0 Å². The van der Waals surface area contributed by atoms with Gasteiger partial charge in [0.05, 0.1) is 0 Å². The van der Waals surface area contributed by atoms with Gasteiger partial charge < -0.3 is 9.84 Å². The van der Waals surface area contributed by atoms with Crippen LogP contribution in [0.25, 0.3) is 0 Å². The van der Waals surface area contributed by atoms with Gasteiger partial charge in [0.1, 0.15) is 11.3 Å². The summed E-state index contributed by atoms with van der Waals surface area (Å²) in [5.74, 6) is -1.83. The Hall–Kier alpha value is -1.59. The average Bonchev–Trinajstić information content (AvgIpc) is 2.34. The molecule has 0 fully saturated rings. The predicted octanol–water partition coefficient (Wildman–Crippen LogP) is 4.73. The van der Waals surface area contributed by atoms with E-state index in [1.54, 1.807) is 6.07 Å². The van der Waals surface area contributed by atoms with Crippen molar-refractivity contribution in [1.82, 2.24) is 0 Å². The molecule has 1 N–H and O–H groups in total. The van der Waals surface area contributed by atoms with E-state index in [9.17, 15) is 9.18 Å². The number of carboxylic acids is 1. The molecule has 3 nitrogen and oxygen atoms in total. The molecule has 0 amide bonds. The number of carboxylic acid groups (broad SMARTS) is 1. The van der Waals surface area contributed by atoms with Crippen molar-refractivity contribution in [3.05, 3.63) is 57.3 Å². The van der Waals surface area contributed by atoms with Crippen molar-refractivity contribution < 1.29 is 19.0 Å². The number of hydrogen-bond acceptors (Lipinski definition) is 2. The molecule has 0 bridgehead atoms. The highest BCUT2D eigenvalue weighted by Crippen LogP contribution is 2.30. The van der Waals surface area contributed by atoms with E-state index in [0.29, 0.717) is 4.47 Å². The zero-order valence-corrected chi connectivity index (χ0v) is 11.7. The topological polar surface area (TPSA) is 46.5 Å². The van der Waals surface area contributed by atoms with Gasteiger partial charge in [0.15, 0.2) is 11.6 Å². The van der Waals surface area contributed by atoms with E-state index in [1.165, 1.54) is 30.3 Å². The fraction of sp³-hybridized carbons (Fsp3) is 0. The molecule has 2 aromatic carbocycles. The van der Waals surface area contributed by atoms with Crippen LogP contribution in [0.4, 0.5) is 4.39 Å². The first-order valence-electron chi connectivity index (χ1n) is 5.13. The maximum absolute atomic E-state index is 13.6. The second kappa shape index (κ2) is 5.59. The summed E-state index contributed by atoms with van der Waals surface area (Å²) in [5.41, 5.74) is -0.130. The first-order chi connectivity index (χ1) is 8.97. The number of aromatic carboxylic acids is 1. The summed E-state index contributed by atoms with van der Waals surface area (Å²) in [6.07, 6.45) is 0. The van der Waals surface area contributed by atoms with Crippen LogP contribution in [0.3, 0.4) is 0 Å². The third-order valence-corrected chi connectivity index (χ3v) is 3.01. The van der Waals surface area contributed by atoms with Crippen molar-refractivity contribution >= 4 is 33.5 Å². The second-order valence-corrected chi connectivity index (χ2v) is 4.97. The molecule has 0 atom stereocenters. The van der Waals surface area contributed by atoms with Gasteiger partial charge >= 0.3 is 5.97 Å². The van der Waals surface area contributed by atoms with Crippen LogP contribution >= 0.6 is 27.5 Å². The fourth-order valence-electron chi connectivity index (χ4n) is 1.43. The molecule has 0 radical (unpaired) electrons. The van der Waals surface area contributed by atoms with Gasteiger partial charge in [-0.1, -0.05) is 27.5 Å². The zero-order valence-electron chi connectivity index (χ0n) is 9.36. The molecular formula is C13H7BrClFO3. The van der Waals surface area contributed by atoms with Gasteiger partial charge in [0.25, 0.3) is 0 Å². The van der Waals surface area contributed by atoms with Gasteiger partial charge in [0, 0.05) is 9.50 Å². The minimum Gasteiger partial charge on any atom is -0.478 e. The van der Waals surface area contributed by atoms with Crippen LogP contribution in [0.5, 0.6) is 11.5 Å². The summed E-state index contributed by atoms with van der Waals surface area (Å²) < 4.78 is 19.5. The van der Waals surface area contributed by atoms with Crippen molar-refractivity contribution in [2.75, 3.05) is 0 Å². The summed E-state index contributed by atoms with van der Waals surface area (Å²) >= 11 is 8.84. The number of carbonyl (C=O) groups is 1. The Labute approximate surface area is 121 Å². The molecule has 0 unspecified atom stereocenters. The third kappa shape index (κ3) is 3.24. The van der Waals surface area contributed by atoms with Crippen molar-refractivity contribution in [3.8, 4) is 11.5 Å². The highest BCUT2D eigenvalue weighted by atomic mass is 79.9. The minimum absolute atomic E-state index is 0.0260. The van der Waals surface area contributed by atoms with Crippen LogP contribution in [-0.4, -0.2) is 11.1 Å². The van der Waals surface area contributed by atoms with Gasteiger partial charge in [-0.2, -0.15) is 0 Å². The maximum Gasteiger partial charge on any atom is 0.339 e. The van der Waals surface area contributed by atoms with Crippen LogP contribution in [0.1, 0.15) is 10.4 Å². The summed E-state index contributed by atoms with van der Waals surface area (Å²) in [5, 5.41) is 9.31. The highest BCUT2D eigenvalue weighted by molar-refractivity contribution is 9.10. The summed E-state index contributed by atoms with van der Waals surface area (Å²) in [7, 11) is 0. The molecule has 6 heteroatoms. The lowest BCUT2D eigenvalue weighted by molar-refractivity contribution is 0.0694. The summed E-state index contributed by atoms with van der Waals surface area (Å²) in [6.45, 7) is 0. The summed E-state index contributed by atoms with van der Waals surface area (Å²) in [6, 6.07) is 8.32. The zero-order chi connectivity index (χ0) is 14.0. The van der Waals surface area contributed by atoms with E-state index in [2.05, 4.69) is 15.9 Å². The number of halogens is 3. The molecule has 0 aromatic heterocycles. The number of hydrogen-bond donors (Lipinski definition) is 1. The number of ether oxygens (including phenoxy) is 1. The van der Waals surface area contributed by atoms with Crippen molar-refractivity contribution in [2.24, 2.45) is 0 Å². The van der Waals surface area contributed by atoms with Crippen molar-refractivity contribution in [2.45, 2.75) is 0 Å². The highest BCUT2D eigenvalue weighted by Gasteiger charge is 2.14. The van der Waals surface area contributed by atoms with Crippen LogP contribution in [-0.2, 0) is 0 Å². The van der Waals surface area contributed by atoms with E-state index in [-0.39, 0.29) is 22.1 Å². The maximum atomic E-state index is 13.6. The van der Waals surface area contributed by atoms with E-state index >= 15 is 0 Å². The molecule has 0 aliphatic carbocycles. The predicted molar refractivity (Wildman–Crippen MR) is 72.6 cm³/mol. The van der Waals surface area contributed by atoms with E-state index < -0.39 is 11.8 Å². The Bertz CT molecular complexity index is 646. The number of rotatable bonds is 3. The molecule has 2 aromatic rings. The first-order valence-corrected chi connectivity index (χ1v) is 6.30. The normalized spacial score (nSPS) is 10.3. The molecule has 0 aliphatic heterocycles. The van der Waals surface area contributed by atoms with Gasteiger partial charge in [-0.05, 0) is 36.4 Å². The van der Waals surface area contributed by atoms with Crippen LogP contribution < -0.4 is 4.74 Å². The second-order valence-electron chi connectivity index (χ2n) is 3.62. The van der Waals surface area contributed by atoms with E-state index in [1.807, 2.05) is 0 Å². The molecule has 19 heavy (non-hydrogen) atoms. The molecule has 0 aliphatic rings. The SMILES string of the molecule is O=C(O)c1cc(Cl)ccc1Oc1ccc(Br)cc1F. The standard InChI is InChI=1S/C13H7BrClFO3/c14-7-1-3-12(10(16)5-7)19-11-4-2-8(15)6-9(11)13(17)18/h1-6H,(H,17,18). The van der Waals surface area contributed by atoms with Gasteiger partial charge in [-0.25, -0.2) is 9.18 Å². The molecule has 0 saturated carbocycles. The van der Waals surface area contributed by atoms with Gasteiger partial charge in [-0.15, -0.1) is 0 Å². The van der Waals surface area contributed by atoms with E-state index in [4.69, 9.17) is 21.4 Å². The lowest BCUT2D eigenvalue weighted by Crippen LogP contribution is -2.00. The largest absolute Gasteiger partial charge is 0.478 e. The summed E-state index contributed by atoms with van der Waals surface area (Å²) in [4.78, 5) is 11.1. The van der Waals surface area contributed by atoms with Crippen LogP contribution in [0, 0.1) is 5.82 Å². The molecule has 2 rings (SSSR count). The Kier molecular flexibility index (Phi) is 4.07. The Morgan fingerprint density at radius 3 is 2.53 bits per heavy atom. The molecule has 98 valence electrons. The first kappa shape index (κ1) is 13.8. The minimum atomic E-state index is -1.20. The van der Waals surface area contributed by atoms with Gasteiger partial charge in [-0.3, -0.25) is 0 Å². The lowest BCUT2D eigenvalue weighted by atomic mass is 10.2. The monoisotopic (exact) mass is 344 g/mol. The Morgan fingerprint density at radius 2 is 1.89 bits per heavy atom. The Morgan fingerprint density at radius 1 is 1.21 bits per heavy atom. The van der Waals surface area contributed by atoms with Crippen LogP contribution in [0.2, 0.25) is 5.02 Å².